The van der Waals surface area contributed by atoms with Crippen molar-refractivity contribution in [1.82, 2.24) is 0 Å². The van der Waals surface area contributed by atoms with Crippen LogP contribution in [0.5, 0.6) is 0 Å². The molecule has 0 saturated carbocycles. The maximum atomic E-state index is 5.53. The van der Waals surface area contributed by atoms with Crippen molar-refractivity contribution in [3.63, 3.8) is 0 Å². The minimum absolute atomic E-state index is 0. The van der Waals surface area contributed by atoms with Crippen molar-refractivity contribution in [2.75, 3.05) is 0 Å². The Morgan fingerprint density at radius 3 is 2.50 bits per heavy atom. The van der Waals surface area contributed by atoms with Crippen LogP contribution in [0.3, 0.4) is 0 Å². The molecule has 12 heavy (non-hydrogen) atoms. The van der Waals surface area contributed by atoms with Gasteiger partial charge in [-0.3, -0.25) is 4.70 Å². The summed E-state index contributed by atoms with van der Waals surface area (Å²) in [7, 11) is -0.300. The zero-order valence-electron chi connectivity index (χ0n) is 7.50. The second kappa shape index (κ2) is 5.06. The van der Waals surface area contributed by atoms with Gasteiger partial charge in [-0.1, -0.05) is 42.5 Å². The van der Waals surface area contributed by atoms with Crippen LogP contribution in [0.15, 0.2) is 24.3 Å². The predicted octanol–water partition coefficient (Wildman–Crippen LogP) is 1.26. The molecule has 0 atom stereocenters. The molecule has 0 heterocycles. The molecule has 3 heteroatoms. The number of halogens is 1. The largest absolute Gasteiger partial charge is 0.326 e. The third-order valence-corrected chi connectivity index (χ3v) is 3.21. The molecule has 2 N–H and O–H groups in total. The van der Waals surface area contributed by atoms with E-state index in [0.717, 1.165) is 0 Å². The number of hydrogen-bond acceptors (Lipinski definition) is 1. The molecule has 67 valence electrons. The van der Waals surface area contributed by atoms with Crippen LogP contribution in [-0.2, 0) is 6.54 Å². The van der Waals surface area contributed by atoms with E-state index in [1.807, 2.05) is 0 Å². The minimum atomic E-state index is -0.300. The van der Waals surface area contributed by atoms with Crippen molar-refractivity contribution in [3.05, 3.63) is 29.8 Å². The molecule has 1 aromatic rings. The van der Waals surface area contributed by atoms with Gasteiger partial charge < -0.3 is 5.73 Å². The zero-order chi connectivity index (χ0) is 8.27. The summed E-state index contributed by atoms with van der Waals surface area (Å²) in [6.07, 6.45) is 0. The van der Waals surface area contributed by atoms with Gasteiger partial charge in [0.15, 0.2) is 0 Å². The van der Waals surface area contributed by atoms with E-state index in [0.29, 0.717) is 6.54 Å². The molecule has 0 fully saturated rings. The van der Waals surface area contributed by atoms with Crippen molar-refractivity contribution in [1.29, 1.82) is 0 Å². The van der Waals surface area contributed by atoms with Crippen LogP contribution >= 0.6 is 0 Å². The Morgan fingerprint density at radius 2 is 2.00 bits per heavy atom. The molecule has 1 aromatic carbocycles. The Bertz CT molecular complexity index is 238. The molecule has 0 aliphatic heterocycles. The van der Waals surface area contributed by atoms with Crippen molar-refractivity contribution in [2.24, 2.45) is 5.73 Å². The molecule has 1 rings (SSSR count). The van der Waals surface area contributed by atoms with Gasteiger partial charge in [-0.15, -0.1) is 0 Å². The van der Waals surface area contributed by atoms with E-state index in [2.05, 4.69) is 37.4 Å². The fourth-order valence-electron chi connectivity index (χ4n) is 1.01. The van der Waals surface area contributed by atoms with Crippen LogP contribution in [-0.4, -0.2) is 8.80 Å². The fraction of sp³-hybridized carbons (Fsp3) is 0.333. The second-order valence-corrected chi connectivity index (χ2v) is 5.48. The normalized spacial score (nSPS) is 9.67. The Balaban J connectivity index is 0.00000121. The van der Waals surface area contributed by atoms with Crippen molar-refractivity contribution in [2.45, 2.75) is 19.6 Å². The van der Waals surface area contributed by atoms with Crippen molar-refractivity contribution < 1.29 is 4.70 Å². The minimum Gasteiger partial charge on any atom is -0.326 e. The predicted molar refractivity (Wildman–Crippen MR) is 54.0 cm³/mol. The Hall–Kier alpha value is -0.673. The van der Waals surface area contributed by atoms with E-state index in [1.54, 1.807) is 0 Å². The first-order chi connectivity index (χ1) is 5.24. The lowest BCUT2D eigenvalue weighted by Gasteiger charge is -2.04. The summed E-state index contributed by atoms with van der Waals surface area (Å²) >= 11 is 0. The Morgan fingerprint density at radius 1 is 1.33 bits per heavy atom. The maximum absolute atomic E-state index is 5.53. The molecule has 0 bridgehead atoms. The van der Waals surface area contributed by atoms with E-state index in [9.17, 15) is 0 Å². The summed E-state index contributed by atoms with van der Waals surface area (Å²) < 4.78 is 0. The van der Waals surface area contributed by atoms with Gasteiger partial charge in [0.25, 0.3) is 0 Å². The van der Waals surface area contributed by atoms with Gasteiger partial charge in [-0.25, -0.2) is 0 Å². The lowest BCUT2D eigenvalue weighted by Crippen LogP contribution is -2.22. The van der Waals surface area contributed by atoms with Gasteiger partial charge in [0.2, 0.25) is 0 Å². The smallest absolute Gasteiger partial charge is 0.0791 e. The summed E-state index contributed by atoms with van der Waals surface area (Å²) in [4.78, 5) is 0. The molecule has 0 unspecified atom stereocenters. The van der Waals surface area contributed by atoms with Crippen LogP contribution in [0.4, 0.5) is 4.70 Å². The molecular formula is C9H15FNSi. The topological polar surface area (TPSA) is 26.0 Å². The summed E-state index contributed by atoms with van der Waals surface area (Å²) in [5.74, 6) is 0. The van der Waals surface area contributed by atoms with E-state index in [1.165, 1.54) is 10.8 Å². The van der Waals surface area contributed by atoms with Crippen LogP contribution in [0, 0.1) is 0 Å². The number of hydrogen-bond donors (Lipinski definition) is 1. The van der Waals surface area contributed by atoms with Crippen molar-refractivity contribution >= 4 is 14.0 Å². The Labute approximate surface area is 74.6 Å². The number of nitrogens with two attached hydrogens (primary N) is 1. The molecule has 0 aliphatic rings. The van der Waals surface area contributed by atoms with Crippen molar-refractivity contribution in [3.8, 4) is 0 Å². The molecule has 0 aliphatic carbocycles. The van der Waals surface area contributed by atoms with Crippen LogP contribution in [0.1, 0.15) is 5.56 Å². The molecule has 1 radical (unpaired) electrons. The molecule has 0 amide bonds. The SMILES string of the molecule is C[Si](C)c1cccc(CN)c1.F. The molecule has 0 spiro atoms. The first-order valence-electron chi connectivity index (χ1n) is 3.83. The molecule has 1 nitrogen and oxygen atoms in total. The highest BCUT2D eigenvalue weighted by Crippen LogP contribution is 1.95. The summed E-state index contributed by atoms with van der Waals surface area (Å²) in [6, 6.07) is 8.57. The monoisotopic (exact) mass is 184 g/mol. The van der Waals surface area contributed by atoms with Gasteiger partial charge in [0, 0.05) is 6.54 Å². The zero-order valence-corrected chi connectivity index (χ0v) is 8.50. The first-order valence-corrected chi connectivity index (χ1v) is 6.33. The number of benzene rings is 1. The lowest BCUT2D eigenvalue weighted by molar-refractivity contribution is 1.07. The molecular weight excluding hydrogens is 169 g/mol. The van der Waals surface area contributed by atoms with Crippen LogP contribution in [0.25, 0.3) is 0 Å². The summed E-state index contributed by atoms with van der Waals surface area (Å²) in [5, 5.41) is 1.47. The third-order valence-electron chi connectivity index (χ3n) is 1.74. The first kappa shape index (κ1) is 11.3. The standard InChI is InChI=1S/C9H14NSi.FH/c1-11(2)9-5-3-4-8(6-9)7-10;/h3-6H,7,10H2,1-2H3;1H. The van der Waals surface area contributed by atoms with Crippen LogP contribution < -0.4 is 10.9 Å². The van der Waals surface area contributed by atoms with Gasteiger partial charge in [-0.05, 0) is 5.56 Å². The highest BCUT2D eigenvalue weighted by Gasteiger charge is 1.99. The van der Waals surface area contributed by atoms with E-state index in [4.69, 9.17) is 5.73 Å². The van der Waals surface area contributed by atoms with Gasteiger partial charge in [0.1, 0.15) is 0 Å². The highest BCUT2D eigenvalue weighted by molar-refractivity contribution is 6.70. The lowest BCUT2D eigenvalue weighted by atomic mass is 10.2. The summed E-state index contributed by atoms with van der Waals surface area (Å²) in [6.45, 7) is 5.24. The van der Waals surface area contributed by atoms with Gasteiger partial charge >= 0.3 is 0 Å². The van der Waals surface area contributed by atoms with E-state index < -0.39 is 0 Å². The van der Waals surface area contributed by atoms with Gasteiger partial charge in [0.05, 0.1) is 8.80 Å². The Kier molecular flexibility index (Phi) is 4.77. The van der Waals surface area contributed by atoms with E-state index >= 15 is 0 Å². The number of rotatable bonds is 2. The average Bonchev–Trinajstić information content (AvgIpc) is 2.05. The fourth-order valence-corrected chi connectivity index (χ4v) is 1.91. The summed E-state index contributed by atoms with van der Waals surface area (Å²) in [5.41, 5.74) is 6.77. The average molecular weight is 184 g/mol. The second-order valence-electron chi connectivity index (χ2n) is 2.90. The molecule has 0 aromatic heterocycles. The third kappa shape index (κ3) is 2.75. The van der Waals surface area contributed by atoms with Gasteiger partial charge in [-0.2, -0.15) is 0 Å². The highest BCUT2D eigenvalue weighted by atomic mass is 28.3. The van der Waals surface area contributed by atoms with Crippen LogP contribution in [0.2, 0.25) is 13.1 Å². The maximum Gasteiger partial charge on any atom is 0.0791 e. The molecule has 0 saturated heterocycles. The van der Waals surface area contributed by atoms with E-state index in [-0.39, 0.29) is 13.5 Å². The quantitative estimate of drug-likeness (QED) is 0.688.